The van der Waals surface area contributed by atoms with Crippen molar-refractivity contribution in [3.05, 3.63) is 68.8 Å². The van der Waals surface area contributed by atoms with Crippen LogP contribution in [-0.2, 0) is 9.53 Å². The first-order valence-electron chi connectivity index (χ1n) is 6.69. The highest BCUT2D eigenvalue weighted by Crippen LogP contribution is 2.28. The van der Waals surface area contributed by atoms with Crippen LogP contribution in [0, 0.1) is 0 Å². The molecular formula is C17H11BrClNO3. The molecule has 0 aromatic heterocycles. The van der Waals surface area contributed by atoms with Crippen LogP contribution in [0.3, 0.4) is 0 Å². The molecule has 6 heteroatoms. The first-order chi connectivity index (χ1) is 11.1. The highest BCUT2D eigenvalue weighted by Gasteiger charge is 2.25. The molecule has 2 aromatic carbocycles. The Morgan fingerprint density at radius 2 is 2.04 bits per heavy atom. The molecule has 0 bridgehead atoms. The maximum Gasteiger partial charge on any atom is 0.363 e. The van der Waals surface area contributed by atoms with Gasteiger partial charge in [0.2, 0.25) is 5.90 Å². The Morgan fingerprint density at radius 1 is 1.26 bits per heavy atom. The average Bonchev–Trinajstić information content (AvgIpc) is 2.89. The third-order valence-corrected chi connectivity index (χ3v) is 4.15. The Hall–Kier alpha value is -2.11. The average molecular weight is 393 g/mol. The van der Waals surface area contributed by atoms with Crippen LogP contribution in [0.1, 0.15) is 11.1 Å². The molecule has 0 spiro atoms. The largest absolute Gasteiger partial charge is 0.496 e. The lowest BCUT2D eigenvalue weighted by Gasteiger charge is -2.03. The topological polar surface area (TPSA) is 47.9 Å². The molecule has 0 saturated carbocycles. The van der Waals surface area contributed by atoms with Gasteiger partial charge in [-0.15, -0.1) is 0 Å². The number of rotatable bonds is 3. The lowest BCUT2D eigenvalue weighted by atomic mass is 10.2. The molecular weight excluding hydrogens is 382 g/mol. The minimum Gasteiger partial charge on any atom is -0.496 e. The Bertz CT molecular complexity index is 845. The van der Waals surface area contributed by atoms with Crippen molar-refractivity contribution in [2.75, 3.05) is 7.11 Å². The van der Waals surface area contributed by atoms with E-state index < -0.39 is 5.97 Å². The van der Waals surface area contributed by atoms with Crippen molar-refractivity contribution in [1.82, 2.24) is 0 Å². The van der Waals surface area contributed by atoms with Crippen LogP contribution in [0.5, 0.6) is 5.75 Å². The van der Waals surface area contributed by atoms with E-state index in [1.54, 1.807) is 43.5 Å². The summed E-state index contributed by atoms with van der Waals surface area (Å²) in [6.45, 7) is 0. The van der Waals surface area contributed by atoms with E-state index in [4.69, 9.17) is 21.1 Å². The fourth-order valence-corrected chi connectivity index (χ4v) is 2.86. The second-order valence-corrected chi connectivity index (χ2v) is 5.97. The molecule has 0 aliphatic carbocycles. The maximum atomic E-state index is 12.0. The highest BCUT2D eigenvalue weighted by molar-refractivity contribution is 9.10. The molecule has 0 N–H and O–H groups in total. The zero-order valence-electron chi connectivity index (χ0n) is 12.0. The summed E-state index contributed by atoms with van der Waals surface area (Å²) in [5.74, 6) is 0.410. The molecule has 116 valence electrons. The molecule has 0 saturated heterocycles. The molecule has 23 heavy (non-hydrogen) atoms. The Kier molecular flexibility index (Phi) is 4.50. The number of aliphatic imine (C=N–C) groups is 1. The Morgan fingerprint density at radius 3 is 2.74 bits per heavy atom. The predicted octanol–water partition coefficient (Wildman–Crippen LogP) is 4.46. The van der Waals surface area contributed by atoms with Gasteiger partial charge in [0.05, 0.1) is 22.2 Å². The van der Waals surface area contributed by atoms with Gasteiger partial charge in [0.25, 0.3) is 0 Å². The third kappa shape index (κ3) is 3.30. The number of ether oxygens (including phenoxy) is 2. The van der Waals surface area contributed by atoms with Gasteiger partial charge in [0.15, 0.2) is 5.70 Å². The molecule has 0 fully saturated rings. The van der Waals surface area contributed by atoms with E-state index in [9.17, 15) is 4.79 Å². The number of hydrogen-bond donors (Lipinski definition) is 0. The minimum absolute atomic E-state index is 0.208. The standard InChI is InChI=1S/C17H11BrClNO3/c1-22-15-7-6-10(8-12(15)18)9-14-17(21)23-16(20-14)11-4-2-3-5-13(11)19/h2-9H,1H3/b14-9-. The third-order valence-electron chi connectivity index (χ3n) is 3.20. The summed E-state index contributed by atoms with van der Waals surface area (Å²) in [5, 5.41) is 0.479. The molecule has 3 rings (SSSR count). The van der Waals surface area contributed by atoms with Crippen molar-refractivity contribution in [2.24, 2.45) is 4.99 Å². The number of halogens is 2. The van der Waals surface area contributed by atoms with E-state index in [0.29, 0.717) is 16.3 Å². The molecule has 1 aliphatic rings. The van der Waals surface area contributed by atoms with Crippen molar-refractivity contribution < 1.29 is 14.3 Å². The minimum atomic E-state index is -0.508. The maximum absolute atomic E-state index is 12.0. The summed E-state index contributed by atoms with van der Waals surface area (Å²) in [5.41, 5.74) is 1.60. The quantitative estimate of drug-likeness (QED) is 0.572. The second-order valence-electron chi connectivity index (χ2n) is 4.71. The number of carbonyl (C=O) groups is 1. The van der Waals surface area contributed by atoms with E-state index in [2.05, 4.69) is 20.9 Å². The number of hydrogen-bond acceptors (Lipinski definition) is 4. The summed E-state index contributed by atoms with van der Waals surface area (Å²) in [6, 6.07) is 12.5. The summed E-state index contributed by atoms with van der Waals surface area (Å²) in [4.78, 5) is 16.2. The predicted molar refractivity (Wildman–Crippen MR) is 92.8 cm³/mol. The number of cyclic esters (lactones) is 1. The molecule has 4 nitrogen and oxygen atoms in total. The van der Waals surface area contributed by atoms with Gasteiger partial charge in [-0.05, 0) is 51.8 Å². The van der Waals surface area contributed by atoms with Crippen LogP contribution in [0.4, 0.5) is 0 Å². The molecule has 0 radical (unpaired) electrons. The van der Waals surface area contributed by atoms with Crippen molar-refractivity contribution in [2.45, 2.75) is 0 Å². The lowest BCUT2D eigenvalue weighted by molar-refractivity contribution is -0.129. The van der Waals surface area contributed by atoms with E-state index >= 15 is 0 Å². The van der Waals surface area contributed by atoms with Crippen LogP contribution >= 0.6 is 27.5 Å². The van der Waals surface area contributed by atoms with Crippen molar-refractivity contribution in [3.8, 4) is 5.75 Å². The van der Waals surface area contributed by atoms with Gasteiger partial charge in [-0.1, -0.05) is 29.8 Å². The summed E-state index contributed by atoms with van der Waals surface area (Å²) < 4.78 is 11.2. The molecule has 0 atom stereocenters. The fourth-order valence-electron chi connectivity index (χ4n) is 2.09. The van der Waals surface area contributed by atoms with E-state index in [-0.39, 0.29) is 11.6 Å². The molecule has 2 aromatic rings. The van der Waals surface area contributed by atoms with Gasteiger partial charge in [0.1, 0.15) is 5.75 Å². The number of nitrogens with zero attached hydrogens (tertiary/aromatic N) is 1. The van der Waals surface area contributed by atoms with Crippen LogP contribution in [0.2, 0.25) is 5.02 Å². The van der Waals surface area contributed by atoms with Crippen molar-refractivity contribution in [1.29, 1.82) is 0 Å². The molecule has 1 aliphatic heterocycles. The zero-order chi connectivity index (χ0) is 16.4. The normalized spacial score (nSPS) is 15.5. The molecule has 1 heterocycles. The first kappa shape index (κ1) is 15.8. The molecule has 0 unspecified atom stereocenters. The monoisotopic (exact) mass is 391 g/mol. The Labute approximate surface area is 146 Å². The fraction of sp³-hybridized carbons (Fsp3) is 0.0588. The Balaban J connectivity index is 1.95. The van der Waals surface area contributed by atoms with Crippen LogP contribution < -0.4 is 4.74 Å². The van der Waals surface area contributed by atoms with Gasteiger partial charge in [0, 0.05) is 0 Å². The van der Waals surface area contributed by atoms with E-state index in [1.165, 1.54) is 0 Å². The van der Waals surface area contributed by atoms with Gasteiger partial charge in [-0.2, -0.15) is 0 Å². The molecule has 0 amide bonds. The summed E-state index contributed by atoms with van der Waals surface area (Å²) >= 11 is 9.51. The van der Waals surface area contributed by atoms with Gasteiger partial charge in [-0.25, -0.2) is 9.79 Å². The number of esters is 1. The lowest BCUT2D eigenvalue weighted by Crippen LogP contribution is -2.05. The van der Waals surface area contributed by atoms with Crippen LogP contribution in [0.25, 0.3) is 6.08 Å². The van der Waals surface area contributed by atoms with Gasteiger partial charge < -0.3 is 9.47 Å². The first-order valence-corrected chi connectivity index (χ1v) is 7.86. The number of carbonyl (C=O) groups excluding carboxylic acids is 1. The highest BCUT2D eigenvalue weighted by atomic mass is 79.9. The second kappa shape index (κ2) is 6.56. The van der Waals surface area contributed by atoms with Gasteiger partial charge in [-0.3, -0.25) is 0 Å². The number of methoxy groups -OCH3 is 1. The van der Waals surface area contributed by atoms with Crippen molar-refractivity contribution in [3.63, 3.8) is 0 Å². The van der Waals surface area contributed by atoms with Crippen LogP contribution in [0.15, 0.2) is 57.6 Å². The smallest absolute Gasteiger partial charge is 0.363 e. The van der Waals surface area contributed by atoms with E-state index in [1.807, 2.05) is 12.1 Å². The zero-order valence-corrected chi connectivity index (χ0v) is 14.4. The number of benzene rings is 2. The van der Waals surface area contributed by atoms with Crippen molar-refractivity contribution >= 4 is 45.5 Å². The summed E-state index contributed by atoms with van der Waals surface area (Å²) in [6.07, 6.45) is 1.65. The van der Waals surface area contributed by atoms with Gasteiger partial charge >= 0.3 is 5.97 Å². The van der Waals surface area contributed by atoms with Crippen LogP contribution in [-0.4, -0.2) is 19.0 Å². The SMILES string of the molecule is COc1ccc(/C=C2\N=C(c3ccccc3Cl)OC2=O)cc1Br. The van der Waals surface area contributed by atoms with E-state index in [0.717, 1.165) is 10.0 Å². The summed E-state index contributed by atoms with van der Waals surface area (Å²) in [7, 11) is 1.59.